The highest BCUT2D eigenvalue weighted by Gasteiger charge is 2.26. The molecule has 0 saturated heterocycles. The van der Waals surface area contributed by atoms with Gasteiger partial charge in [-0.05, 0) is 66.1 Å². The van der Waals surface area contributed by atoms with Crippen LogP contribution in [-0.2, 0) is 0 Å². The van der Waals surface area contributed by atoms with Gasteiger partial charge in [0.15, 0.2) is 5.82 Å². The van der Waals surface area contributed by atoms with Crippen LogP contribution in [0.5, 0.6) is 0 Å². The van der Waals surface area contributed by atoms with Gasteiger partial charge in [0.05, 0.1) is 10.2 Å². The van der Waals surface area contributed by atoms with Crippen molar-refractivity contribution in [2.45, 2.75) is 32.6 Å². The zero-order valence-electron chi connectivity index (χ0n) is 18.9. The summed E-state index contributed by atoms with van der Waals surface area (Å²) in [5.41, 5.74) is 2.49. The van der Waals surface area contributed by atoms with Crippen LogP contribution in [0.2, 0.25) is 0 Å². The first-order valence-electron chi connectivity index (χ1n) is 11.3. The number of rotatable bonds is 11. The van der Waals surface area contributed by atoms with Crippen molar-refractivity contribution in [1.82, 2.24) is 30.4 Å². The summed E-state index contributed by atoms with van der Waals surface area (Å²) in [6.07, 6.45) is 4.09. The lowest BCUT2D eigenvalue weighted by molar-refractivity contribution is 0.0949. The van der Waals surface area contributed by atoms with Crippen molar-refractivity contribution in [3.63, 3.8) is 0 Å². The number of benzene rings is 1. The first-order valence-corrected chi connectivity index (χ1v) is 12.1. The van der Waals surface area contributed by atoms with E-state index in [4.69, 9.17) is 0 Å². The van der Waals surface area contributed by atoms with Crippen LogP contribution in [0.4, 0.5) is 23.3 Å². The Bertz CT molecular complexity index is 1080. The highest BCUT2D eigenvalue weighted by Crippen LogP contribution is 2.39. The van der Waals surface area contributed by atoms with E-state index in [1.165, 1.54) is 12.8 Å². The summed E-state index contributed by atoms with van der Waals surface area (Å²) in [6, 6.07) is 9.28. The summed E-state index contributed by atoms with van der Waals surface area (Å²) in [7, 11) is 0. The smallest absolute Gasteiger partial charge is 0.251 e. The molecule has 4 rings (SSSR count). The number of hydrogen-bond donors (Lipinski definition) is 4. The second-order valence-corrected chi connectivity index (χ2v) is 8.84. The maximum absolute atomic E-state index is 12.4. The fourth-order valence-corrected chi connectivity index (χ4v) is 3.73. The highest BCUT2D eigenvalue weighted by atomic mass is 79.9. The second kappa shape index (κ2) is 10.8. The van der Waals surface area contributed by atoms with Crippen LogP contribution in [0, 0.1) is 0 Å². The Kier molecular flexibility index (Phi) is 7.56. The molecule has 1 aliphatic carbocycles. The van der Waals surface area contributed by atoms with Crippen LogP contribution >= 0.6 is 15.9 Å². The van der Waals surface area contributed by atoms with Crippen molar-refractivity contribution >= 4 is 45.1 Å². The van der Waals surface area contributed by atoms with Crippen molar-refractivity contribution in [1.29, 1.82) is 0 Å². The summed E-state index contributed by atoms with van der Waals surface area (Å²) < 4.78 is 0.743. The number of amides is 1. The predicted molar refractivity (Wildman–Crippen MR) is 133 cm³/mol. The molecule has 1 saturated carbocycles. The van der Waals surface area contributed by atoms with Gasteiger partial charge in [-0.3, -0.25) is 9.89 Å². The molecule has 1 amide bonds. The molecule has 0 spiro atoms. The topological polar surface area (TPSA) is 111 Å². The zero-order valence-corrected chi connectivity index (χ0v) is 20.4. The lowest BCUT2D eigenvalue weighted by Gasteiger charge is -2.18. The van der Waals surface area contributed by atoms with Gasteiger partial charge in [-0.25, -0.2) is 4.98 Å². The van der Waals surface area contributed by atoms with E-state index in [0.29, 0.717) is 29.8 Å². The summed E-state index contributed by atoms with van der Waals surface area (Å²) in [5, 5.41) is 16.8. The van der Waals surface area contributed by atoms with Gasteiger partial charge in [0.25, 0.3) is 5.91 Å². The van der Waals surface area contributed by atoms with Gasteiger partial charge >= 0.3 is 0 Å². The molecule has 33 heavy (non-hydrogen) atoms. The van der Waals surface area contributed by atoms with Gasteiger partial charge in [0, 0.05) is 42.5 Å². The molecular weight excluding hydrogens is 484 g/mol. The van der Waals surface area contributed by atoms with Gasteiger partial charge in [0.2, 0.25) is 5.95 Å². The van der Waals surface area contributed by atoms with Gasteiger partial charge in [-0.2, -0.15) is 10.1 Å². The van der Waals surface area contributed by atoms with Gasteiger partial charge < -0.3 is 20.9 Å². The van der Waals surface area contributed by atoms with Crippen molar-refractivity contribution in [3.8, 4) is 0 Å². The molecule has 2 heterocycles. The fourth-order valence-electron chi connectivity index (χ4n) is 3.44. The van der Waals surface area contributed by atoms with Gasteiger partial charge in [-0.1, -0.05) is 13.8 Å². The summed E-state index contributed by atoms with van der Waals surface area (Å²) >= 11 is 3.49. The molecule has 1 aliphatic rings. The Balaban J connectivity index is 1.34. The lowest BCUT2D eigenvalue weighted by Crippen LogP contribution is -2.34. The SMILES string of the molecule is CCN(CC)CCNC(=O)c1ccc(Nc2ncc(Br)c(Nc3cc(C4CC4)n[nH]3)n2)cc1. The minimum atomic E-state index is -0.0785. The van der Waals surface area contributed by atoms with E-state index in [9.17, 15) is 4.79 Å². The number of anilines is 4. The van der Waals surface area contributed by atoms with E-state index in [1.807, 2.05) is 18.2 Å². The predicted octanol–water partition coefficient (Wildman–Crippen LogP) is 4.40. The molecule has 3 aromatic rings. The average molecular weight is 513 g/mol. The summed E-state index contributed by atoms with van der Waals surface area (Å²) in [6.45, 7) is 7.66. The number of carbonyl (C=O) groups is 1. The minimum Gasteiger partial charge on any atom is -0.351 e. The quantitative estimate of drug-likeness (QED) is 0.301. The Morgan fingerprint density at radius 3 is 2.64 bits per heavy atom. The molecule has 0 unspecified atom stereocenters. The van der Waals surface area contributed by atoms with Crippen LogP contribution in [0.25, 0.3) is 0 Å². The normalized spacial score (nSPS) is 13.2. The Labute approximate surface area is 201 Å². The van der Waals surface area contributed by atoms with E-state index in [-0.39, 0.29) is 5.91 Å². The molecule has 0 bridgehead atoms. The van der Waals surface area contributed by atoms with E-state index in [1.54, 1.807) is 18.3 Å². The Morgan fingerprint density at radius 2 is 1.94 bits per heavy atom. The molecule has 10 heteroatoms. The van der Waals surface area contributed by atoms with Crippen molar-refractivity contribution in [3.05, 3.63) is 52.3 Å². The third-order valence-corrected chi connectivity index (χ3v) is 6.18. The monoisotopic (exact) mass is 512 g/mol. The van der Waals surface area contributed by atoms with E-state index in [0.717, 1.165) is 41.3 Å². The number of likely N-dealkylation sites (N-methyl/N-ethyl adjacent to an activating group) is 1. The second-order valence-electron chi connectivity index (χ2n) is 7.98. The third kappa shape index (κ3) is 6.29. The molecular formula is C23H29BrN8O. The molecule has 1 fully saturated rings. The molecule has 2 aromatic heterocycles. The van der Waals surface area contributed by atoms with Crippen LogP contribution < -0.4 is 16.0 Å². The number of aromatic nitrogens is 4. The van der Waals surface area contributed by atoms with Gasteiger partial charge in [-0.15, -0.1) is 0 Å². The van der Waals surface area contributed by atoms with Crippen LogP contribution in [0.15, 0.2) is 41.0 Å². The van der Waals surface area contributed by atoms with Crippen molar-refractivity contribution in [2.75, 3.05) is 36.8 Å². The van der Waals surface area contributed by atoms with Crippen molar-refractivity contribution in [2.24, 2.45) is 0 Å². The molecule has 9 nitrogen and oxygen atoms in total. The number of nitrogens with one attached hydrogen (secondary N) is 4. The number of nitrogens with zero attached hydrogens (tertiary/aromatic N) is 4. The number of H-pyrrole nitrogens is 1. The molecule has 0 radical (unpaired) electrons. The average Bonchev–Trinajstić information content (AvgIpc) is 3.58. The Hall–Kier alpha value is -2.98. The molecule has 0 atom stereocenters. The first-order chi connectivity index (χ1) is 16.1. The number of hydrogen-bond acceptors (Lipinski definition) is 7. The third-order valence-electron chi connectivity index (χ3n) is 5.60. The van der Waals surface area contributed by atoms with Crippen LogP contribution in [0.1, 0.15) is 48.7 Å². The molecule has 174 valence electrons. The largest absolute Gasteiger partial charge is 0.351 e. The number of halogens is 1. The van der Waals surface area contributed by atoms with Gasteiger partial charge in [0.1, 0.15) is 5.82 Å². The fraction of sp³-hybridized carbons (Fsp3) is 0.391. The lowest BCUT2D eigenvalue weighted by atomic mass is 10.2. The van der Waals surface area contributed by atoms with E-state index < -0.39 is 0 Å². The van der Waals surface area contributed by atoms with Crippen molar-refractivity contribution < 1.29 is 4.79 Å². The number of carbonyl (C=O) groups excluding carboxylic acids is 1. The number of aromatic amines is 1. The van der Waals surface area contributed by atoms with Crippen LogP contribution in [0.3, 0.4) is 0 Å². The first kappa shape index (κ1) is 23.2. The maximum atomic E-state index is 12.4. The standard InChI is InChI=1S/C23H29BrN8O/c1-3-32(4-2)12-11-25-22(33)16-7-9-17(10-8-16)27-23-26-14-18(24)21(29-23)28-20-13-19(30-31-20)15-5-6-15/h7-10,13-15H,3-6,11-12H2,1-2H3,(H,25,33)(H3,26,27,28,29,30,31). The summed E-state index contributed by atoms with van der Waals surface area (Å²) in [4.78, 5) is 23.5. The maximum Gasteiger partial charge on any atom is 0.251 e. The van der Waals surface area contributed by atoms with E-state index in [2.05, 4.69) is 70.8 Å². The Morgan fingerprint density at radius 1 is 1.18 bits per heavy atom. The van der Waals surface area contributed by atoms with Crippen LogP contribution in [-0.4, -0.2) is 57.2 Å². The van der Waals surface area contributed by atoms with E-state index >= 15 is 0 Å². The molecule has 4 N–H and O–H groups in total. The molecule has 0 aliphatic heterocycles. The summed E-state index contributed by atoms with van der Waals surface area (Å²) in [5.74, 6) is 2.36. The molecule has 1 aromatic carbocycles. The zero-order chi connectivity index (χ0) is 23.2. The minimum absolute atomic E-state index is 0.0785. The highest BCUT2D eigenvalue weighted by molar-refractivity contribution is 9.10.